The molecule has 1 aliphatic rings. The lowest BCUT2D eigenvalue weighted by Gasteiger charge is -2.38. The van der Waals surface area contributed by atoms with Gasteiger partial charge in [0.15, 0.2) is 0 Å². The second kappa shape index (κ2) is 9.01. The van der Waals surface area contributed by atoms with E-state index in [2.05, 4.69) is 22.3 Å². The smallest absolute Gasteiger partial charge is 0.259 e. The standard InChI is InChI=1S/C25H29N7O3/c1-15-9-18(30(3)16(2)33)5-6-22(15)31-13-17-10-19(24(35-4)11-20(17)29-31)25(34)28-21-12-27-32-14-26-8-7-23(21)32/h7-8,10-15,18,22H,5-6,9H2,1-4H3,(H,28,34)/t15-,18?,22-/m0/s1. The minimum atomic E-state index is -0.288. The van der Waals surface area contributed by atoms with Crippen molar-refractivity contribution in [2.45, 2.75) is 45.2 Å². The molecule has 10 heteroatoms. The number of hydrogen-bond acceptors (Lipinski definition) is 6. The molecular formula is C25H29N7O3. The molecule has 1 fully saturated rings. The van der Waals surface area contributed by atoms with Crippen molar-refractivity contribution in [2.24, 2.45) is 5.92 Å². The Morgan fingerprint density at radius 1 is 1.26 bits per heavy atom. The van der Waals surface area contributed by atoms with Gasteiger partial charge in [-0.15, -0.1) is 0 Å². The van der Waals surface area contributed by atoms with Gasteiger partial charge in [0.1, 0.15) is 12.1 Å². The van der Waals surface area contributed by atoms with Crippen molar-refractivity contribution in [3.63, 3.8) is 0 Å². The fourth-order valence-corrected chi connectivity index (χ4v) is 5.07. The first-order valence-electron chi connectivity index (χ1n) is 11.7. The molecule has 2 amide bonds. The van der Waals surface area contributed by atoms with E-state index in [0.717, 1.165) is 35.7 Å². The summed E-state index contributed by atoms with van der Waals surface area (Å²) in [6.07, 6.45) is 9.64. The molecule has 3 atom stereocenters. The van der Waals surface area contributed by atoms with Gasteiger partial charge in [-0.25, -0.2) is 9.50 Å². The Morgan fingerprint density at radius 2 is 2.09 bits per heavy atom. The number of methoxy groups -OCH3 is 1. The largest absolute Gasteiger partial charge is 0.496 e. The van der Waals surface area contributed by atoms with Crippen molar-refractivity contribution in [3.8, 4) is 5.75 Å². The molecule has 3 heterocycles. The van der Waals surface area contributed by atoms with E-state index in [1.807, 2.05) is 28.9 Å². The number of aromatic nitrogens is 5. The quantitative estimate of drug-likeness (QED) is 0.473. The molecule has 1 saturated carbocycles. The molecular weight excluding hydrogens is 446 g/mol. The summed E-state index contributed by atoms with van der Waals surface area (Å²) in [6.45, 7) is 3.83. The molecule has 1 unspecified atom stereocenters. The van der Waals surface area contributed by atoms with Crippen LogP contribution >= 0.6 is 0 Å². The van der Waals surface area contributed by atoms with Crippen LogP contribution in [0.1, 0.15) is 49.5 Å². The number of ether oxygens (including phenoxy) is 1. The van der Waals surface area contributed by atoms with Crippen LogP contribution < -0.4 is 10.1 Å². The fourth-order valence-electron chi connectivity index (χ4n) is 5.07. The first-order valence-corrected chi connectivity index (χ1v) is 11.7. The Labute approximate surface area is 202 Å². The molecule has 182 valence electrons. The zero-order chi connectivity index (χ0) is 24.7. The fraction of sp³-hybridized carbons (Fsp3) is 0.400. The average molecular weight is 476 g/mol. The van der Waals surface area contributed by atoms with E-state index >= 15 is 0 Å². The third-order valence-corrected chi connectivity index (χ3v) is 7.15. The van der Waals surface area contributed by atoms with Crippen molar-refractivity contribution in [1.82, 2.24) is 29.3 Å². The van der Waals surface area contributed by atoms with Crippen LogP contribution in [0.2, 0.25) is 0 Å². The van der Waals surface area contributed by atoms with Gasteiger partial charge < -0.3 is 15.0 Å². The Bertz CT molecular complexity index is 1410. The number of anilines is 1. The van der Waals surface area contributed by atoms with E-state index in [4.69, 9.17) is 9.84 Å². The number of nitrogens with one attached hydrogen (secondary N) is 1. The number of carbonyl (C=O) groups is 2. The van der Waals surface area contributed by atoms with Crippen LogP contribution in [0.5, 0.6) is 5.75 Å². The van der Waals surface area contributed by atoms with E-state index in [1.54, 1.807) is 49.4 Å². The van der Waals surface area contributed by atoms with E-state index in [0.29, 0.717) is 22.9 Å². The molecule has 1 aliphatic carbocycles. The number of hydrogen-bond donors (Lipinski definition) is 1. The molecule has 0 radical (unpaired) electrons. The van der Waals surface area contributed by atoms with Gasteiger partial charge in [-0.2, -0.15) is 10.2 Å². The number of nitrogens with zero attached hydrogens (tertiary/aromatic N) is 6. The van der Waals surface area contributed by atoms with Gasteiger partial charge in [-0.3, -0.25) is 14.3 Å². The zero-order valence-electron chi connectivity index (χ0n) is 20.3. The molecule has 0 saturated heterocycles. The van der Waals surface area contributed by atoms with Gasteiger partial charge in [0, 0.05) is 43.9 Å². The van der Waals surface area contributed by atoms with Gasteiger partial charge in [0.05, 0.1) is 41.6 Å². The van der Waals surface area contributed by atoms with Crippen LogP contribution in [0, 0.1) is 5.92 Å². The Morgan fingerprint density at radius 3 is 2.83 bits per heavy atom. The van der Waals surface area contributed by atoms with E-state index in [-0.39, 0.29) is 23.9 Å². The van der Waals surface area contributed by atoms with Crippen LogP contribution in [0.4, 0.5) is 5.69 Å². The SMILES string of the molecule is COc1cc2nn([C@H]3CCC(N(C)C(C)=O)C[C@@H]3C)cc2cc1C(=O)Nc1cnn2cnccc12. The van der Waals surface area contributed by atoms with Gasteiger partial charge in [0.2, 0.25) is 5.91 Å². The molecule has 5 rings (SSSR count). The highest BCUT2D eigenvalue weighted by atomic mass is 16.5. The Hall–Kier alpha value is -3.95. The predicted molar refractivity (Wildman–Crippen MR) is 132 cm³/mol. The van der Waals surface area contributed by atoms with Crippen LogP contribution in [0.15, 0.2) is 43.1 Å². The average Bonchev–Trinajstić information content (AvgIpc) is 3.46. The number of amides is 2. The van der Waals surface area contributed by atoms with Crippen molar-refractivity contribution in [3.05, 3.63) is 48.7 Å². The first kappa shape index (κ1) is 22.8. The Kier molecular flexibility index (Phi) is 5.88. The first-order chi connectivity index (χ1) is 16.9. The highest BCUT2D eigenvalue weighted by Gasteiger charge is 2.32. The second-order valence-electron chi connectivity index (χ2n) is 9.28. The summed E-state index contributed by atoms with van der Waals surface area (Å²) in [6, 6.07) is 5.90. The third-order valence-electron chi connectivity index (χ3n) is 7.15. The second-order valence-corrected chi connectivity index (χ2v) is 9.28. The minimum Gasteiger partial charge on any atom is -0.496 e. The number of carbonyl (C=O) groups excluding carboxylic acids is 2. The lowest BCUT2D eigenvalue weighted by atomic mass is 9.82. The summed E-state index contributed by atoms with van der Waals surface area (Å²) < 4.78 is 9.16. The van der Waals surface area contributed by atoms with Crippen molar-refractivity contribution in [2.75, 3.05) is 19.5 Å². The number of benzene rings is 1. The van der Waals surface area contributed by atoms with Crippen molar-refractivity contribution < 1.29 is 14.3 Å². The predicted octanol–water partition coefficient (Wildman–Crippen LogP) is 3.55. The normalized spacial score (nSPS) is 20.2. The van der Waals surface area contributed by atoms with Crippen molar-refractivity contribution in [1.29, 1.82) is 0 Å². The summed E-state index contributed by atoms with van der Waals surface area (Å²) in [4.78, 5) is 30.9. The van der Waals surface area contributed by atoms with Crippen LogP contribution in [0.3, 0.4) is 0 Å². The highest BCUT2D eigenvalue weighted by Crippen LogP contribution is 2.37. The molecule has 3 aromatic heterocycles. The number of rotatable bonds is 5. The monoisotopic (exact) mass is 475 g/mol. The van der Waals surface area contributed by atoms with Crippen LogP contribution in [0.25, 0.3) is 16.4 Å². The highest BCUT2D eigenvalue weighted by molar-refractivity contribution is 6.09. The molecule has 1 aromatic carbocycles. The van der Waals surface area contributed by atoms with Gasteiger partial charge in [-0.05, 0) is 37.3 Å². The molecule has 10 nitrogen and oxygen atoms in total. The molecule has 0 spiro atoms. The van der Waals surface area contributed by atoms with Gasteiger partial charge in [-0.1, -0.05) is 6.92 Å². The third kappa shape index (κ3) is 4.20. The lowest BCUT2D eigenvalue weighted by molar-refractivity contribution is -0.130. The molecule has 1 N–H and O–H groups in total. The minimum absolute atomic E-state index is 0.101. The van der Waals surface area contributed by atoms with E-state index < -0.39 is 0 Å². The maximum absolute atomic E-state index is 13.2. The zero-order valence-corrected chi connectivity index (χ0v) is 20.3. The van der Waals surface area contributed by atoms with Gasteiger partial charge in [0.25, 0.3) is 5.91 Å². The van der Waals surface area contributed by atoms with E-state index in [9.17, 15) is 9.59 Å². The molecule has 0 aliphatic heterocycles. The summed E-state index contributed by atoms with van der Waals surface area (Å²) >= 11 is 0. The van der Waals surface area contributed by atoms with Crippen LogP contribution in [-0.2, 0) is 4.79 Å². The maximum Gasteiger partial charge on any atom is 0.259 e. The molecule has 35 heavy (non-hydrogen) atoms. The topological polar surface area (TPSA) is 107 Å². The number of fused-ring (bicyclic) bond motifs is 2. The summed E-state index contributed by atoms with van der Waals surface area (Å²) in [5.41, 5.74) is 2.54. The molecule has 0 bridgehead atoms. The van der Waals surface area contributed by atoms with Crippen LogP contribution in [-0.4, -0.2) is 61.3 Å². The van der Waals surface area contributed by atoms with Gasteiger partial charge >= 0.3 is 0 Å². The summed E-state index contributed by atoms with van der Waals surface area (Å²) in [5.74, 6) is 0.631. The summed E-state index contributed by atoms with van der Waals surface area (Å²) in [7, 11) is 3.43. The van der Waals surface area contributed by atoms with Crippen molar-refractivity contribution >= 4 is 33.9 Å². The maximum atomic E-state index is 13.2. The Balaban J connectivity index is 1.40. The lowest BCUT2D eigenvalue weighted by Crippen LogP contribution is -2.41. The summed E-state index contributed by atoms with van der Waals surface area (Å²) in [5, 5.41) is 12.8. The molecule has 4 aromatic rings. The van der Waals surface area contributed by atoms with E-state index in [1.165, 1.54) is 0 Å².